The van der Waals surface area contributed by atoms with Crippen LogP contribution in [0.25, 0.3) is 0 Å². The fourth-order valence-electron chi connectivity index (χ4n) is 3.03. The second-order valence-corrected chi connectivity index (χ2v) is 8.09. The Morgan fingerprint density at radius 1 is 0.893 bits per heavy atom. The van der Waals surface area contributed by atoms with Crippen LogP contribution in [0.1, 0.15) is 23.7 Å². The summed E-state index contributed by atoms with van der Waals surface area (Å²) < 4.78 is 40.2. The standard InChI is InChI=1S/C21H20N2O4S/c24-28(25,17-10-11-19-20(15-17)27-14-6-13-26-19)23-21(16-7-2-1-3-8-16)18-9-4-5-12-22-18/h1-5,7-12,15,21,23H,6,13-14H2/t21-/m0/s1. The Morgan fingerprint density at radius 3 is 2.39 bits per heavy atom. The van der Waals surface area contributed by atoms with Crippen molar-refractivity contribution < 1.29 is 17.9 Å². The minimum Gasteiger partial charge on any atom is -0.490 e. The van der Waals surface area contributed by atoms with E-state index in [4.69, 9.17) is 9.47 Å². The Kier molecular flexibility index (Phi) is 5.27. The van der Waals surface area contributed by atoms with Crippen molar-refractivity contribution in [2.24, 2.45) is 0 Å². The number of ether oxygens (including phenoxy) is 2. The Morgan fingerprint density at radius 2 is 1.64 bits per heavy atom. The van der Waals surface area contributed by atoms with Gasteiger partial charge in [0.05, 0.1) is 29.8 Å². The molecule has 1 aromatic heterocycles. The quantitative estimate of drug-likeness (QED) is 0.716. The lowest BCUT2D eigenvalue weighted by atomic mass is 10.0. The van der Waals surface area contributed by atoms with Crippen LogP contribution in [0.5, 0.6) is 11.5 Å². The zero-order valence-electron chi connectivity index (χ0n) is 15.1. The van der Waals surface area contributed by atoms with Crippen LogP contribution in [0, 0.1) is 0 Å². The highest BCUT2D eigenvalue weighted by Crippen LogP contribution is 2.32. The van der Waals surface area contributed by atoms with Crippen molar-refractivity contribution in [3.8, 4) is 11.5 Å². The maximum atomic E-state index is 13.1. The summed E-state index contributed by atoms with van der Waals surface area (Å²) in [5, 5.41) is 0. The van der Waals surface area contributed by atoms with Crippen molar-refractivity contribution in [2.45, 2.75) is 17.4 Å². The van der Waals surface area contributed by atoms with Gasteiger partial charge in [0, 0.05) is 18.7 Å². The van der Waals surface area contributed by atoms with Crippen molar-refractivity contribution in [3.05, 3.63) is 84.2 Å². The summed E-state index contributed by atoms with van der Waals surface area (Å²) in [6, 6.07) is 18.8. The summed E-state index contributed by atoms with van der Waals surface area (Å²) in [7, 11) is -3.83. The van der Waals surface area contributed by atoms with Gasteiger partial charge >= 0.3 is 0 Å². The molecule has 0 radical (unpaired) electrons. The molecule has 0 bridgehead atoms. The molecule has 28 heavy (non-hydrogen) atoms. The number of sulfonamides is 1. The summed E-state index contributed by atoms with van der Waals surface area (Å²) >= 11 is 0. The first-order chi connectivity index (χ1) is 13.6. The van der Waals surface area contributed by atoms with Crippen molar-refractivity contribution in [2.75, 3.05) is 13.2 Å². The third-order valence-electron chi connectivity index (χ3n) is 4.42. The fourth-order valence-corrected chi connectivity index (χ4v) is 4.24. The highest BCUT2D eigenvalue weighted by atomic mass is 32.2. The highest BCUT2D eigenvalue weighted by Gasteiger charge is 2.25. The van der Waals surface area contributed by atoms with Crippen LogP contribution in [0.15, 0.2) is 77.8 Å². The largest absolute Gasteiger partial charge is 0.490 e. The van der Waals surface area contributed by atoms with Crippen LogP contribution in [0.3, 0.4) is 0 Å². The number of benzene rings is 2. The average Bonchev–Trinajstić information content (AvgIpc) is 2.98. The molecule has 0 fully saturated rings. The molecule has 0 unspecified atom stereocenters. The number of pyridine rings is 1. The molecule has 1 aliphatic heterocycles. The second-order valence-electron chi connectivity index (χ2n) is 6.38. The van der Waals surface area contributed by atoms with Crippen LogP contribution in [-0.4, -0.2) is 26.6 Å². The first kappa shape index (κ1) is 18.5. The van der Waals surface area contributed by atoms with Gasteiger partial charge in [-0.25, -0.2) is 8.42 Å². The van der Waals surface area contributed by atoms with Gasteiger partial charge in [-0.15, -0.1) is 0 Å². The molecule has 144 valence electrons. The predicted molar refractivity (Wildman–Crippen MR) is 105 cm³/mol. The lowest BCUT2D eigenvalue weighted by Crippen LogP contribution is -2.30. The van der Waals surface area contributed by atoms with Crippen LogP contribution >= 0.6 is 0 Å². The zero-order valence-corrected chi connectivity index (χ0v) is 15.9. The van der Waals surface area contributed by atoms with Crippen molar-refractivity contribution in [3.63, 3.8) is 0 Å². The van der Waals surface area contributed by atoms with Gasteiger partial charge in [0.25, 0.3) is 0 Å². The van der Waals surface area contributed by atoms with Crippen molar-refractivity contribution in [1.82, 2.24) is 9.71 Å². The van der Waals surface area contributed by atoms with Gasteiger partial charge in [-0.1, -0.05) is 36.4 Å². The smallest absolute Gasteiger partial charge is 0.241 e. The van der Waals surface area contributed by atoms with Gasteiger partial charge in [-0.05, 0) is 29.8 Å². The summed E-state index contributed by atoms with van der Waals surface area (Å²) in [5.41, 5.74) is 1.42. The Labute approximate surface area is 164 Å². The Bertz CT molecular complexity index is 1000. The monoisotopic (exact) mass is 396 g/mol. The maximum absolute atomic E-state index is 13.1. The Hall–Kier alpha value is -2.90. The minimum absolute atomic E-state index is 0.119. The fraction of sp³-hybridized carbons (Fsp3) is 0.190. The summed E-state index contributed by atoms with van der Waals surface area (Å²) in [6.07, 6.45) is 2.40. The van der Waals surface area contributed by atoms with E-state index < -0.39 is 16.1 Å². The Balaban J connectivity index is 1.69. The molecule has 7 heteroatoms. The van der Waals surface area contributed by atoms with E-state index in [0.717, 1.165) is 12.0 Å². The number of aromatic nitrogens is 1. The van der Waals surface area contributed by atoms with Gasteiger partial charge in [0.1, 0.15) is 0 Å². The molecule has 0 amide bonds. The highest BCUT2D eigenvalue weighted by molar-refractivity contribution is 7.89. The van der Waals surface area contributed by atoms with E-state index in [1.165, 1.54) is 12.1 Å². The van der Waals surface area contributed by atoms with Crippen LogP contribution in [-0.2, 0) is 10.0 Å². The molecule has 1 atom stereocenters. The van der Waals surface area contributed by atoms with Gasteiger partial charge in [0.2, 0.25) is 10.0 Å². The van der Waals surface area contributed by atoms with E-state index in [1.807, 2.05) is 36.4 Å². The SMILES string of the molecule is O=S(=O)(N[C@@H](c1ccccc1)c1ccccn1)c1ccc2c(c1)OCCCO2. The topological polar surface area (TPSA) is 77.5 Å². The maximum Gasteiger partial charge on any atom is 0.241 e. The van der Waals surface area contributed by atoms with Gasteiger partial charge in [-0.3, -0.25) is 4.98 Å². The summed E-state index contributed by atoms with van der Waals surface area (Å²) in [6.45, 7) is 1.04. The summed E-state index contributed by atoms with van der Waals surface area (Å²) in [5.74, 6) is 0.996. The van der Waals surface area contributed by atoms with Gasteiger partial charge in [-0.2, -0.15) is 4.72 Å². The normalized spacial score (nSPS) is 14.9. The third kappa shape index (κ3) is 4.00. The third-order valence-corrected chi connectivity index (χ3v) is 5.84. The zero-order chi connectivity index (χ0) is 19.4. The first-order valence-electron chi connectivity index (χ1n) is 9.01. The first-order valence-corrected chi connectivity index (χ1v) is 10.5. The number of hydrogen-bond acceptors (Lipinski definition) is 5. The molecule has 2 aromatic carbocycles. The average molecular weight is 396 g/mol. The van der Waals surface area contributed by atoms with Crippen LogP contribution < -0.4 is 14.2 Å². The number of hydrogen-bond donors (Lipinski definition) is 1. The van der Waals surface area contributed by atoms with E-state index in [2.05, 4.69) is 9.71 Å². The van der Waals surface area contributed by atoms with Gasteiger partial charge < -0.3 is 9.47 Å². The van der Waals surface area contributed by atoms with Crippen molar-refractivity contribution in [1.29, 1.82) is 0 Å². The molecule has 0 saturated heterocycles. The number of fused-ring (bicyclic) bond motifs is 1. The molecular weight excluding hydrogens is 376 g/mol. The summed E-state index contributed by atoms with van der Waals surface area (Å²) in [4.78, 5) is 4.46. The molecule has 0 spiro atoms. The minimum atomic E-state index is -3.83. The number of nitrogens with one attached hydrogen (secondary N) is 1. The van der Waals surface area contributed by atoms with Crippen molar-refractivity contribution >= 4 is 10.0 Å². The molecule has 1 aliphatic rings. The molecule has 4 rings (SSSR count). The molecule has 3 aromatic rings. The molecule has 0 aliphatic carbocycles. The lowest BCUT2D eigenvalue weighted by molar-refractivity contribution is 0.297. The lowest BCUT2D eigenvalue weighted by Gasteiger charge is -2.19. The van der Waals surface area contributed by atoms with Crippen LogP contribution in [0.4, 0.5) is 0 Å². The van der Waals surface area contributed by atoms with E-state index in [9.17, 15) is 8.42 Å². The molecule has 0 saturated carbocycles. The van der Waals surface area contributed by atoms with E-state index >= 15 is 0 Å². The van der Waals surface area contributed by atoms with Gasteiger partial charge in [0.15, 0.2) is 11.5 Å². The second kappa shape index (κ2) is 8.00. The van der Waals surface area contributed by atoms with E-state index in [1.54, 1.807) is 24.4 Å². The van der Waals surface area contributed by atoms with E-state index in [0.29, 0.717) is 30.4 Å². The number of nitrogens with zero attached hydrogens (tertiary/aromatic N) is 1. The van der Waals surface area contributed by atoms with E-state index in [-0.39, 0.29) is 4.90 Å². The molecule has 6 nitrogen and oxygen atoms in total. The molecular formula is C21H20N2O4S. The van der Waals surface area contributed by atoms with Crippen LogP contribution in [0.2, 0.25) is 0 Å². The number of rotatable bonds is 5. The predicted octanol–water partition coefficient (Wildman–Crippen LogP) is 3.31. The molecule has 1 N–H and O–H groups in total. The molecule has 2 heterocycles.